The molecule has 0 spiro atoms. The first-order valence-electron chi connectivity index (χ1n) is 5.59. The van der Waals surface area contributed by atoms with Crippen molar-refractivity contribution in [3.8, 4) is 0 Å². The molecule has 1 aromatic heterocycles. The number of anilines is 1. The van der Waals surface area contributed by atoms with Crippen LogP contribution >= 0.6 is 23.9 Å². The van der Waals surface area contributed by atoms with Gasteiger partial charge in [-0.15, -0.1) is 12.4 Å². The predicted octanol–water partition coefficient (Wildman–Crippen LogP) is 1.71. The molecule has 2 aromatic rings. The molecule has 1 amide bonds. The van der Waals surface area contributed by atoms with Crippen molar-refractivity contribution in [3.05, 3.63) is 41.7 Å². The molecule has 2 N–H and O–H groups in total. The van der Waals surface area contributed by atoms with Crippen molar-refractivity contribution < 1.29 is 4.79 Å². The maximum atomic E-state index is 11.3. The number of likely N-dealkylation sites (N-methyl/N-ethyl adjacent to an activating group) is 1. The summed E-state index contributed by atoms with van der Waals surface area (Å²) in [5.41, 5.74) is 1.16. The monoisotopic (exact) mass is 298 g/mol. The van der Waals surface area contributed by atoms with Gasteiger partial charge in [0.2, 0.25) is 11.0 Å². The number of carbonyl (C=O) groups excluding carboxylic acids is 1. The van der Waals surface area contributed by atoms with Crippen molar-refractivity contribution in [1.82, 2.24) is 14.7 Å². The van der Waals surface area contributed by atoms with Crippen molar-refractivity contribution in [3.63, 3.8) is 0 Å². The largest absolute Gasteiger partial charge is 0.311 e. The molecule has 0 radical (unpaired) electrons. The smallest absolute Gasteiger partial charge is 0.240 e. The van der Waals surface area contributed by atoms with Crippen LogP contribution in [0.3, 0.4) is 0 Å². The van der Waals surface area contributed by atoms with E-state index >= 15 is 0 Å². The van der Waals surface area contributed by atoms with E-state index in [2.05, 4.69) is 20.0 Å². The minimum Gasteiger partial charge on any atom is -0.311 e. The zero-order valence-electron chi connectivity index (χ0n) is 10.4. The molecular weight excluding hydrogens is 284 g/mol. The molecule has 7 heteroatoms. The van der Waals surface area contributed by atoms with Crippen LogP contribution in [0.5, 0.6) is 0 Å². The number of hydrogen-bond acceptors (Lipinski definition) is 5. The zero-order valence-corrected chi connectivity index (χ0v) is 12.1. The molecule has 0 fully saturated rings. The number of hydrogen-bond donors (Lipinski definition) is 2. The standard InChI is InChI=1S/C12H14N4OS.ClH/c1-13-8-11(17)15-12-14-10(16-18-12)7-9-5-3-2-4-6-9;/h2-6,13H,7-8H2,1H3,(H,14,15,16,17);1H. The molecule has 0 bridgehead atoms. The number of nitrogens with one attached hydrogen (secondary N) is 2. The molecule has 19 heavy (non-hydrogen) atoms. The van der Waals surface area contributed by atoms with Crippen LogP contribution in [0.25, 0.3) is 0 Å². The first kappa shape index (κ1) is 15.6. The number of benzene rings is 1. The van der Waals surface area contributed by atoms with Crippen LogP contribution in [0.2, 0.25) is 0 Å². The lowest BCUT2D eigenvalue weighted by Gasteiger charge is -1.98. The number of aromatic nitrogens is 2. The quantitative estimate of drug-likeness (QED) is 0.882. The Labute approximate surface area is 122 Å². The highest BCUT2D eigenvalue weighted by atomic mass is 35.5. The van der Waals surface area contributed by atoms with Gasteiger partial charge in [0.15, 0.2) is 0 Å². The summed E-state index contributed by atoms with van der Waals surface area (Å²) in [6, 6.07) is 10.00. The second kappa shape index (κ2) is 7.83. The third-order valence-corrected chi connectivity index (χ3v) is 2.93. The van der Waals surface area contributed by atoms with E-state index in [4.69, 9.17) is 0 Å². The van der Waals surface area contributed by atoms with E-state index < -0.39 is 0 Å². The summed E-state index contributed by atoms with van der Waals surface area (Å²) in [5, 5.41) is 6.01. The fourth-order valence-corrected chi connectivity index (χ4v) is 2.08. The van der Waals surface area contributed by atoms with Gasteiger partial charge in [-0.2, -0.15) is 4.37 Å². The van der Waals surface area contributed by atoms with Gasteiger partial charge in [-0.25, -0.2) is 4.98 Å². The van der Waals surface area contributed by atoms with E-state index in [0.717, 1.165) is 11.4 Å². The fourth-order valence-electron chi connectivity index (χ4n) is 1.48. The topological polar surface area (TPSA) is 66.9 Å². The number of carbonyl (C=O) groups is 1. The van der Waals surface area contributed by atoms with Gasteiger partial charge in [-0.05, 0) is 12.6 Å². The number of halogens is 1. The lowest BCUT2D eigenvalue weighted by molar-refractivity contribution is -0.115. The minimum absolute atomic E-state index is 0. The van der Waals surface area contributed by atoms with Gasteiger partial charge >= 0.3 is 0 Å². The van der Waals surface area contributed by atoms with Gasteiger partial charge in [0, 0.05) is 18.0 Å². The van der Waals surface area contributed by atoms with E-state index in [-0.39, 0.29) is 24.9 Å². The Kier molecular flexibility index (Phi) is 6.41. The fraction of sp³-hybridized carbons (Fsp3) is 0.250. The number of amides is 1. The van der Waals surface area contributed by atoms with Crippen LogP contribution in [0.1, 0.15) is 11.4 Å². The molecule has 1 aromatic carbocycles. The molecule has 0 atom stereocenters. The minimum atomic E-state index is -0.111. The summed E-state index contributed by atoms with van der Waals surface area (Å²) < 4.78 is 4.22. The molecule has 0 saturated heterocycles. The predicted molar refractivity (Wildman–Crippen MR) is 79.0 cm³/mol. The highest BCUT2D eigenvalue weighted by molar-refractivity contribution is 7.09. The van der Waals surface area contributed by atoms with Crippen LogP contribution in [0, 0.1) is 0 Å². The maximum Gasteiger partial charge on any atom is 0.240 e. The third-order valence-electron chi connectivity index (χ3n) is 2.26. The first-order chi connectivity index (χ1) is 8.78. The Morgan fingerprint density at radius 2 is 2.05 bits per heavy atom. The van der Waals surface area contributed by atoms with Crippen LogP contribution in [-0.2, 0) is 11.2 Å². The Balaban J connectivity index is 0.00000180. The third kappa shape index (κ3) is 4.94. The maximum absolute atomic E-state index is 11.3. The van der Waals surface area contributed by atoms with E-state index in [1.54, 1.807) is 7.05 Å². The number of rotatable bonds is 5. The summed E-state index contributed by atoms with van der Waals surface area (Å²) in [6.07, 6.45) is 0.680. The van der Waals surface area contributed by atoms with Gasteiger partial charge in [0.05, 0.1) is 6.54 Å². The molecule has 102 valence electrons. The summed E-state index contributed by atoms with van der Waals surface area (Å²) in [6.45, 7) is 0.271. The molecule has 0 unspecified atom stereocenters. The van der Waals surface area contributed by atoms with Crippen LogP contribution in [-0.4, -0.2) is 28.9 Å². The lowest BCUT2D eigenvalue weighted by Crippen LogP contribution is -2.24. The molecule has 0 aliphatic heterocycles. The summed E-state index contributed by atoms with van der Waals surface area (Å²) in [7, 11) is 1.72. The van der Waals surface area contributed by atoms with Gasteiger partial charge < -0.3 is 5.32 Å². The van der Waals surface area contributed by atoms with Crippen LogP contribution < -0.4 is 10.6 Å². The molecule has 0 saturated carbocycles. The van der Waals surface area contributed by atoms with E-state index in [1.807, 2.05) is 30.3 Å². The zero-order chi connectivity index (χ0) is 12.8. The van der Waals surface area contributed by atoms with E-state index in [9.17, 15) is 4.79 Å². The molecule has 0 aliphatic carbocycles. The highest BCUT2D eigenvalue weighted by Crippen LogP contribution is 2.13. The summed E-state index contributed by atoms with van der Waals surface area (Å²) in [4.78, 5) is 15.6. The van der Waals surface area contributed by atoms with Crippen molar-refractivity contribution in [2.75, 3.05) is 18.9 Å². The Hall–Kier alpha value is -1.50. The Morgan fingerprint density at radius 1 is 1.32 bits per heavy atom. The Bertz CT molecular complexity index is 517. The van der Waals surface area contributed by atoms with Crippen molar-refractivity contribution in [2.24, 2.45) is 0 Å². The van der Waals surface area contributed by atoms with Gasteiger partial charge in [-0.1, -0.05) is 30.3 Å². The van der Waals surface area contributed by atoms with Crippen LogP contribution in [0.15, 0.2) is 30.3 Å². The van der Waals surface area contributed by atoms with Gasteiger partial charge in [-0.3, -0.25) is 10.1 Å². The molecule has 1 heterocycles. The van der Waals surface area contributed by atoms with Crippen molar-refractivity contribution in [1.29, 1.82) is 0 Å². The van der Waals surface area contributed by atoms with Crippen LogP contribution in [0.4, 0.5) is 5.13 Å². The first-order valence-corrected chi connectivity index (χ1v) is 6.36. The molecule has 2 rings (SSSR count). The molecule has 0 aliphatic rings. The average Bonchev–Trinajstić information content (AvgIpc) is 2.78. The second-order valence-corrected chi connectivity index (χ2v) is 4.51. The molecular formula is C12H15ClN4OS. The second-order valence-electron chi connectivity index (χ2n) is 3.76. The SMILES string of the molecule is CNCC(=O)Nc1nc(Cc2ccccc2)ns1.Cl. The normalized spacial score (nSPS) is 9.74. The number of nitrogens with zero attached hydrogens (tertiary/aromatic N) is 2. The van der Waals surface area contributed by atoms with Gasteiger partial charge in [0.1, 0.15) is 5.82 Å². The van der Waals surface area contributed by atoms with Gasteiger partial charge in [0.25, 0.3) is 0 Å². The molecule has 5 nitrogen and oxygen atoms in total. The lowest BCUT2D eigenvalue weighted by atomic mass is 10.1. The van der Waals surface area contributed by atoms with Crippen molar-refractivity contribution >= 4 is 35.0 Å². The van der Waals surface area contributed by atoms with E-state index in [1.165, 1.54) is 11.5 Å². The summed E-state index contributed by atoms with van der Waals surface area (Å²) in [5.74, 6) is 0.617. The average molecular weight is 299 g/mol. The Morgan fingerprint density at radius 3 is 2.74 bits per heavy atom. The van der Waals surface area contributed by atoms with Crippen molar-refractivity contribution in [2.45, 2.75) is 6.42 Å². The summed E-state index contributed by atoms with van der Waals surface area (Å²) >= 11 is 1.20. The highest BCUT2D eigenvalue weighted by Gasteiger charge is 2.07. The van der Waals surface area contributed by atoms with E-state index in [0.29, 0.717) is 11.6 Å².